The molecule has 1 aliphatic rings. The van der Waals surface area contributed by atoms with Crippen molar-refractivity contribution in [3.05, 3.63) is 32.6 Å². The summed E-state index contributed by atoms with van der Waals surface area (Å²) in [5, 5.41) is 0. The van der Waals surface area contributed by atoms with Crippen LogP contribution in [0.2, 0.25) is 0 Å². The van der Waals surface area contributed by atoms with Crippen molar-refractivity contribution < 1.29 is 4.79 Å². The molecule has 0 aromatic carbocycles. The van der Waals surface area contributed by atoms with Crippen molar-refractivity contribution >= 4 is 5.91 Å². The molecule has 1 aromatic heterocycles. The van der Waals surface area contributed by atoms with Crippen LogP contribution < -0.4 is 17.0 Å². The predicted molar refractivity (Wildman–Crippen MR) is 65.3 cm³/mol. The second-order valence-electron chi connectivity index (χ2n) is 4.81. The zero-order valence-electron chi connectivity index (χ0n) is 10.1. The fourth-order valence-corrected chi connectivity index (χ4v) is 2.32. The van der Waals surface area contributed by atoms with E-state index in [9.17, 15) is 14.4 Å². The first kappa shape index (κ1) is 12.6. The average molecular weight is 252 g/mol. The van der Waals surface area contributed by atoms with Gasteiger partial charge in [0, 0.05) is 25.2 Å². The minimum absolute atomic E-state index is 0.00468. The Bertz CT molecular complexity index is 524. The van der Waals surface area contributed by atoms with Crippen LogP contribution in [-0.2, 0) is 0 Å². The first-order valence-electron chi connectivity index (χ1n) is 5.84. The quantitative estimate of drug-likeness (QED) is 0.587. The van der Waals surface area contributed by atoms with Crippen LogP contribution in [-0.4, -0.2) is 39.9 Å². The Hall–Kier alpha value is -1.89. The van der Waals surface area contributed by atoms with E-state index in [0.29, 0.717) is 19.0 Å². The molecular weight excluding hydrogens is 236 g/mol. The normalized spacial score (nSPS) is 24.0. The topological polar surface area (TPSA) is 112 Å². The van der Waals surface area contributed by atoms with Gasteiger partial charge in [-0.2, -0.15) is 0 Å². The smallest absolute Gasteiger partial charge is 0.326 e. The van der Waals surface area contributed by atoms with Gasteiger partial charge < -0.3 is 15.6 Å². The summed E-state index contributed by atoms with van der Waals surface area (Å²) in [5.41, 5.74) is 4.60. The van der Waals surface area contributed by atoms with Crippen molar-refractivity contribution in [2.75, 3.05) is 13.1 Å². The first-order chi connectivity index (χ1) is 8.45. The molecule has 1 aromatic rings. The highest BCUT2D eigenvalue weighted by Gasteiger charge is 2.27. The van der Waals surface area contributed by atoms with Gasteiger partial charge in [-0.05, 0) is 12.3 Å². The number of nitrogens with one attached hydrogen (secondary N) is 2. The van der Waals surface area contributed by atoms with Gasteiger partial charge in [0.15, 0.2) is 0 Å². The van der Waals surface area contributed by atoms with Crippen LogP contribution in [0.25, 0.3) is 0 Å². The molecule has 18 heavy (non-hydrogen) atoms. The highest BCUT2D eigenvalue weighted by Crippen LogP contribution is 2.16. The monoisotopic (exact) mass is 252 g/mol. The summed E-state index contributed by atoms with van der Waals surface area (Å²) >= 11 is 0. The van der Waals surface area contributed by atoms with Gasteiger partial charge in [-0.1, -0.05) is 6.92 Å². The van der Waals surface area contributed by atoms with Gasteiger partial charge in [-0.25, -0.2) is 4.79 Å². The zero-order valence-corrected chi connectivity index (χ0v) is 10.1. The average Bonchev–Trinajstić information content (AvgIpc) is 2.25. The number of hydrogen-bond donors (Lipinski definition) is 3. The molecular formula is C11H16N4O3. The van der Waals surface area contributed by atoms with E-state index in [0.717, 1.165) is 12.5 Å². The Kier molecular flexibility index (Phi) is 3.33. The molecule has 7 nitrogen and oxygen atoms in total. The van der Waals surface area contributed by atoms with Crippen LogP contribution in [0.1, 0.15) is 23.8 Å². The summed E-state index contributed by atoms with van der Waals surface area (Å²) < 4.78 is 0. The molecule has 1 saturated heterocycles. The van der Waals surface area contributed by atoms with E-state index in [1.807, 2.05) is 11.9 Å². The van der Waals surface area contributed by atoms with Crippen LogP contribution in [0.15, 0.2) is 15.7 Å². The van der Waals surface area contributed by atoms with Crippen LogP contribution in [0.3, 0.4) is 0 Å². The molecule has 4 N–H and O–H groups in total. The van der Waals surface area contributed by atoms with E-state index in [-0.39, 0.29) is 17.6 Å². The molecule has 98 valence electrons. The molecule has 0 saturated carbocycles. The third-order valence-corrected chi connectivity index (χ3v) is 2.97. The predicted octanol–water partition coefficient (Wildman–Crippen LogP) is -1.13. The second kappa shape index (κ2) is 4.77. The first-order valence-corrected chi connectivity index (χ1v) is 5.84. The standard InChI is InChI=1S/C11H16N4O3/c1-6-2-7(12)5-15(4-6)10(17)8-3-9(16)14-11(18)13-8/h3,6-7H,2,4-5,12H2,1H3,(H2,13,14,16,18). The molecule has 2 atom stereocenters. The molecule has 0 bridgehead atoms. The van der Waals surface area contributed by atoms with Gasteiger partial charge in [0.05, 0.1) is 0 Å². The van der Waals surface area contributed by atoms with Crippen LogP contribution in [0, 0.1) is 5.92 Å². The van der Waals surface area contributed by atoms with Gasteiger partial charge in [0.25, 0.3) is 11.5 Å². The minimum atomic E-state index is -0.680. The molecule has 0 radical (unpaired) electrons. The number of likely N-dealkylation sites (tertiary alicyclic amines) is 1. The number of aromatic nitrogens is 2. The summed E-state index contributed by atoms with van der Waals surface area (Å²) in [4.78, 5) is 40.3. The number of rotatable bonds is 1. The highest BCUT2D eigenvalue weighted by molar-refractivity contribution is 5.92. The summed E-state index contributed by atoms with van der Waals surface area (Å²) in [7, 11) is 0. The third-order valence-electron chi connectivity index (χ3n) is 2.97. The number of aromatic amines is 2. The van der Waals surface area contributed by atoms with E-state index in [1.54, 1.807) is 4.90 Å². The van der Waals surface area contributed by atoms with Crippen molar-refractivity contribution in [1.29, 1.82) is 0 Å². The largest absolute Gasteiger partial charge is 0.336 e. The third kappa shape index (κ3) is 2.67. The number of piperidine rings is 1. The maximum absolute atomic E-state index is 12.1. The van der Waals surface area contributed by atoms with Crippen LogP contribution in [0.5, 0.6) is 0 Å². The van der Waals surface area contributed by atoms with E-state index in [4.69, 9.17) is 5.73 Å². The van der Waals surface area contributed by atoms with E-state index >= 15 is 0 Å². The Labute approximate surface area is 103 Å². The van der Waals surface area contributed by atoms with Gasteiger partial charge in [0.1, 0.15) is 5.69 Å². The number of carbonyl (C=O) groups is 1. The number of nitrogens with two attached hydrogens (primary N) is 1. The number of hydrogen-bond acceptors (Lipinski definition) is 4. The molecule has 0 aliphatic carbocycles. The molecule has 1 fully saturated rings. The lowest BCUT2D eigenvalue weighted by Crippen LogP contribution is -2.49. The summed E-state index contributed by atoms with van der Waals surface area (Å²) in [5.74, 6) is -0.0494. The fraction of sp³-hybridized carbons (Fsp3) is 0.545. The van der Waals surface area contributed by atoms with Gasteiger partial charge in [0.2, 0.25) is 0 Å². The van der Waals surface area contributed by atoms with Crippen molar-refractivity contribution in [1.82, 2.24) is 14.9 Å². The number of nitrogens with zero attached hydrogens (tertiary/aromatic N) is 1. The van der Waals surface area contributed by atoms with Crippen molar-refractivity contribution in [2.24, 2.45) is 11.7 Å². The molecule has 1 amide bonds. The lowest BCUT2D eigenvalue weighted by atomic mass is 9.96. The van der Waals surface area contributed by atoms with Crippen molar-refractivity contribution in [2.45, 2.75) is 19.4 Å². The maximum atomic E-state index is 12.1. The lowest BCUT2D eigenvalue weighted by molar-refractivity contribution is 0.0654. The molecule has 2 rings (SSSR count). The van der Waals surface area contributed by atoms with E-state index in [2.05, 4.69) is 4.98 Å². The maximum Gasteiger partial charge on any atom is 0.326 e. The Balaban J connectivity index is 2.25. The zero-order chi connectivity index (χ0) is 13.3. The van der Waals surface area contributed by atoms with Gasteiger partial charge >= 0.3 is 5.69 Å². The van der Waals surface area contributed by atoms with Crippen molar-refractivity contribution in [3.63, 3.8) is 0 Å². The summed E-state index contributed by atoms with van der Waals surface area (Å²) in [6, 6.07) is 1.03. The Morgan fingerprint density at radius 1 is 1.39 bits per heavy atom. The SMILES string of the molecule is CC1CC(N)CN(C(=O)c2cc(=O)[nH]c(=O)[nH]2)C1. The summed E-state index contributed by atoms with van der Waals surface area (Å²) in [6.07, 6.45) is 0.871. The number of amides is 1. The van der Waals surface area contributed by atoms with Gasteiger partial charge in [-0.3, -0.25) is 14.6 Å². The van der Waals surface area contributed by atoms with Crippen LogP contribution in [0.4, 0.5) is 0 Å². The molecule has 7 heteroatoms. The minimum Gasteiger partial charge on any atom is -0.336 e. The number of H-pyrrole nitrogens is 2. The summed E-state index contributed by atoms with van der Waals surface area (Å²) in [6.45, 7) is 3.04. The van der Waals surface area contributed by atoms with Crippen LogP contribution >= 0.6 is 0 Å². The van der Waals surface area contributed by atoms with E-state index < -0.39 is 11.2 Å². The lowest BCUT2D eigenvalue weighted by Gasteiger charge is -2.34. The Morgan fingerprint density at radius 3 is 2.72 bits per heavy atom. The number of carbonyl (C=O) groups excluding carboxylic acids is 1. The molecule has 2 unspecified atom stereocenters. The van der Waals surface area contributed by atoms with E-state index in [1.165, 1.54) is 0 Å². The molecule has 2 heterocycles. The second-order valence-corrected chi connectivity index (χ2v) is 4.81. The molecule has 0 spiro atoms. The highest BCUT2D eigenvalue weighted by atomic mass is 16.2. The Morgan fingerprint density at radius 2 is 2.11 bits per heavy atom. The van der Waals surface area contributed by atoms with Crippen molar-refractivity contribution in [3.8, 4) is 0 Å². The van der Waals surface area contributed by atoms with Gasteiger partial charge in [-0.15, -0.1) is 0 Å². The fourth-order valence-electron chi connectivity index (χ4n) is 2.32. The molecule has 1 aliphatic heterocycles.